The molecule has 46 valence electrons. The Morgan fingerprint density at radius 1 is 1.38 bits per heavy atom. The molecule has 0 radical (unpaired) electrons. The summed E-state index contributed by atoms with van der Waals surface area (Å²) in [6.45, 7) is 2.75. The summed E-state index contributed by atoms with van der Waals surface area (Å²) in [5.41, 5.74) is 8.19. The minimum absolute atomic E-state index is 0.671. The SMILES string of the molecule is [N-]=NN1CCOCC1. The highest BCUT2D eigenvalue weighted by Gasteiger charge is 1.98. The van der Waals surface area contributed by atoms with E-state index in [4.69, 9.17) is 10.3 Å². The Morgan fingerprint density at radius 2 is 2.00 bits per heavy atom. The molecule has 0 bridgehead atoms. The van der Waals surface area contributed by atoms with Gasteiger partial charge in [-0.15, -0.1) is 0 Å². The summed E-state index contributed by atoms with van der Waals surface area (Å²) in [4.78, 5) is 0. The van der Waals surface area contributed by atoms with E-state index in [2.05, 4.69) is 5.22 Å². The van der Waals surface area contributed by atoms with Gasteiger partial charge in [-0.1, -0.05) is 0 Å². The van der Waals surface area contributed by atoms with Gasteiger partial charge < -0.3 is 15.3 Å². The molecule has 0 aromatic rings. The quantitative estimate of drug-likeness (QED) is 0.459. The lowest BCUT2D eigenvalue weighted by atomic mass is 10.5. The van der Waals surface area contributed by atoms with Crippen LogP contribution in [0, 0.1) is 0 Å². The summed E-state index contributed by atoms with van der Waals surface area (Å²) in [5, 5.41) is 4.57. The zero-order chi connectivity index (χ0) is 5.82. The van der Waals surface area contributed by atoms with Crippen molar-refractivity contribution in [2.45, 2.75) is 0 Å². The van der Waals surface area contributed by atoms with Crippen molar-refractivity contribution in [2.24, 2.45) is 5.22 Å². The predicted octanol–water partition coefficient (Wildman–Crippen LogP) is 0.255. The van der Waals surface area contributed by atoms with E-state index >= 15 is 0 Å². The van der Waals surface area contributed by atoms with Gasteiger partial charge in [-0.25, -0.2) is 0 Å². The van der Waals surface area contributed by atoms with Crippen LogP contribution in [0.3, 0.4) is 0 Å². The molecule has 0 amide bonds. The van der Waals surface area contributed by atoms with Gasteiger partial charge in [0.25, 0.3) is 0 Å². The molecule has 1 aliphatic rings. The van der Waals surface area contributed by atoms with Crippen LogP contribution in [0.5, 0.6) is 0 Å². The Bertz CT molecular complexity index is 79.4. The third kappa shape index (κ3) is 1.16. The molecule has 1 fully saturated rings. The normalized spacial score (nSPS) is 20.8. The summed E-state index contributed by atoms with van der Waals surface area (Å²) in [5.74, 6) is 0. The average molecular weight is 114 g/mol. The van der Waals surface area contributed by atoms with Crippen LogP contribution in [0.4, 0.5) is 0 Å². The van der Waals surface area contributed by atoms with Gasteiger partial charge >= 0.3 is 0 Å². The van der Waals surface area contributed by atoms with Crippen LogP contribution in [0.15, 0.2) is 5.22 Å². The number of morpholine rings is 1. The standard InChI is InChI=1S/C4H8N3O/c5-6-7-1-3-8-4-2-7/h1-4H2/q-1. The van der Waals surface area contributed by atoms with Crippen LogP contribution in [0.1, 0.15) is 0 Å². The molecule has 0 aromatic heterocycles. The van der Waals surface area contributed by atoms with Gasteiger partial charge in [0.1, 0.15) is 0 Å². The number of hydrogen-bond donors (Lipinski definition) is 0. The van der Waals surface area contributed by atoms with E-state index in [-0.39, 0.29) is 0 Å². The zero-order valence-electron chi connectivity index (χ0n) is 4.58. The van der Waals surface area contributed by atoms with Crippen molar-refractivity contribution >= 4 is 0 Å². The second-order valence-corrected chi connectivity index (χ2v) is 1.66. The Labute approximate surface area is 47.9 Å². The van der Waals surface area contributed by atoms with E-state index in [1.807, 2.05) is 0 Å². The number of nitrogens with zero attached hydrogens (tertiary/aromatic N) is 3. The van der Waals surface area contributed by atoms with E-state index in [9.17, 15) is 0 Å². The van der Waals surface area contributed by atoms with Crippen LogP contribution >= 0.6 is 0 Å². The van der Waals surface area contributed by atoms with E-state index in [0.29, 0.717) is 26.3 Å². The molecule has 1 heterocycles. The van der Waals surface area contributed by atoms with Gasteiger partial charge in [-0.05, 0) is 13.1 Å². The maximum Gasteiger partial charge on any atom is 0.0473 e. The highest BCUT2D eigenvalue weighted by atomic mass is 16.5. The number of hydrogen-bond acceptors (Lipinski definition) is 2. The largest absolute Gasteiger partial charge is 0.397 e. The summed E-state index contributed by atoms with van der Waals surface area (Å²) < 4.78 is 4.99. The maximum absolute atomic E-state index is 8.19. The minimum Gasteiger partial charge on any atom is -0.397 e. The smallest absolute Gasteiger partial charge is 0.0473 e. The van der Waals surface area contributed by atoms with Crippen LogP contribution in [0.25, 0.3) is 5.53 Å². The topological polar surface area (TPSA) is 47.1 Å². The van der Waals surface area contributed by atoms with Crippen molar-refractivity contribution < 1.29 is 4.74 Å². The highest BCUT2D eigenvalue weighted by molar-refractivity contribution is 4.54. The van der Waals surface area contributed by atoms with Crippen molar-refractivity contribution in [1.29, 1.82) is 0 Å². The van der Waals surface area contributed by atoms with Crippen LogP contribution in [-0.4, -0.2) is 31.3 Å². The number of ether oxygens (including phenoxy) is 1. The van der Waals surface area contributed by atoms with Gasteiger partial charge in [0, 0.05) is 13.2 Å². The van der Waals surface area contributed by atoms with Crippen molar-refractivity contribution in [2.75, 3.05) is 26.3 Å². The molecule has 0 spiro atoms. The van der Waals surface area contributed by atoms with Gasteiger partial charge in [0.15, 0.2) is 0 Å². The molecule has 1 saturated heterocycles. The van der Waals surface area contributed by atoms with Crippen molar-refractivity contribution in [3.05, 3.63) is 5.53 Å². The molecule has 4 nitrogen and oxygen atoms in total. The number of rotatable bonds is 1. The van der Waals surface area contributed by atoms with E-state index in [0.717, 1.165) is 0 Å². The fraction of sp³-hybridized carbons (Fsp3) is 1.00. The molecule has 8 heavy (non-hydrogen) atoms. The molecule has 0 aliphatic carbocycles. The van der Waals surface area contributed by atoms with Gasteiger partial charge in [0.05, 0.1) is 0 Å². The van der Waals surface area contributed by atoms with Gasteiger partial charge in [-0.2, -0.15) is 0 Å². The molecular formula is C4H8N3O-. The predicted molar refractivity (Wildman–Crippen MR) is 28.2 cm³/mol. The van der Waals surface area contributed by atoms with E-state index in [1.165, 1.54) is 0 Å². The second kappa shape index (κ2) is 2.61. The fourth-order valence-corrected chi connectivity index (χ4v) is 0.643. The first-order chi connectivity index (χ1) is 3.93. The van der Waals surface area contributed by atoms with Crippen LogP contribution in [-0.2, 0) is 4.74 Å². The monoisotopic (exact) mass is 114 g/mol. The van der Waals surface area contributed by atoms with Gasteiger partial charge in [0.2, 0.25) is 0 Å². The van der Waals surface area contributed by atoms with Crippen molar-refractivity contribution in [1.82, 2.24) is 5.01 Å². The Hall–Kier alpha value is -0.640. The Balaban J connectivity index is 2.22. The summed E-state index contributed by atoms with van der Waals surface area (Å²) in [6, 6.07) is 0. The van der Waals surface area contributed by atoms with Crippen LogP contribution < -0.4 is 0 Å². The minimum atomic E-state index is 0.671. The molecule has 1 rings (SSSR count). The lowest BCUT2D eigenvalue weighted by Gasteiger charge is -2.29. The van der Waals surface area contributed by atoms with Crippen molar-refractivity contribution in [3.63, 3.8) is 0 Å². The molecule has 1 aliphatic heterocycles. The lowest BCUT2D eigenvalue weighted by Crippen LogP contribution is -2.31. The first kappa shape index (κ1) is 5.50. The van der Waals surface area contributed by atoms with Gasteiger partial charge in [-0.3, -0.25) is 5.22 Å². The molecule has 0 aromatic carbocycles. The summed E-state index contributed by atoms with van der Waals surface area (Å²) in [6.07, 6.45) is 0. The third-order valence-electron chi connectivity index (χ3n) is 1.11. The fourth-order valence-electron chi connectivity index (χ4n) is 0.643. The third-order valence-corrected chi connectivity index (χ3v) is 1.11. The molecule has 0 saturated carbocycles. The molecule has 0 atom stereocenters. The van der Waals surface area contributed by atoms with Crippen molar-refractivity contribution in [3.8, 4) is 0 Å². The van der Waals surface area contributed by atoms with E-state index in [1.54, 1.807) is 5.01 Å². The average Bonchev–Trinajstić information content (AvgIpc) is 1.90. The molecule has 0 N–H and O–H groups in total. The second-order valence-electron chi connectivity index (χ2n) is 1.66. The Morgan fingerprint density at radius 3 is 2.38 bits per heavy atom. The highest BCUT2D eigenvalue weighted by Crippen LogP contribution is 1.94. The maximum atomic E-state index is 8.19. The lowest BCUT2D eigenvalue weighted by molar-refractivity contribution is 0.0383. The molecule has 4 heteroatoms. The Kier molecular flexibility index (Phi) is 1.80. The van der Waals surface area contributed by atoms with Crippen LogP contribution in [0.2, 0.25) is 0 Å². The molecular weight excluding hydrogens is 106 g/mol. The summed E-state index contributed by atoms with van der Waals surface area (Å²) in [7, 11) is 0. The first-order valence-electron chi connectivity index (χ1n) is 2.61. The first-order valence-corrected chi connectivity index (χ1v) is 2.61. The molecule has 0 unspecified atom stereocenters. The van der Waals surface area contributed by atoms with E-state index < -0.39 is 0 Å². The summed E-state index contributed by atoms with van der Waals surface area (Å²) >= 11 is 0. The zero-order valence-corrected chi connectivity index (χ0v) is 4.58.